The number of nitrogens with one attached hydrogen (secondary N) is 3. The second kappa shape index (κ2) is 8.92. The summed E-state index contributed by atoms with van der Waals surface area (Å²) in [6.07, 6.45) is -0.497. The van der Waals surface area contributed by atoms with E-state index in [0.29, 0.717) is 12.5 Å². The quantitative estimate of drug-likeness (QED) is 0.469. The molecule has 26 heavy (non-hydrogen) atoms. The zero-order valence-corrected chi connectivity index (χ0v) is 18.4. The zero-order valence-electron chi connectivity index (χ0n) is 17.6. The number of hydrogen-bond acceptors (Lipinski definition) is 5. The van der Waals surface area contributed by atoms with E-state index in [-0.39, 0.29) is 12.3 Å². The van der Waals surface area contributed by atoms with Gasteiger partial charge in [-0.15, -0.1) is 0 Å². The van der Waals surface area contributed by atoms with E-state index in [0.717, 1.165) is 0 Å². The fourth-order valence-corrected chi connectivity index (χ4v) is 2.74. The molecule has 1 amide bonds. The fraction of sp³-hybridized carbons (Fsp3) is 0.882. The Morgan fingerprint density at radius 3 is 1.96 bits per heavy atom. The van der Waals surface area contributed by atoms with Gasteiger partial charge in [0, 0.05) is 20.1 Å². The second-order valence-corrected chi connectivity index (χ2v) is 11.7. The van der Waals surface area contributed by atoms with Crippen molar-refractivity contribution in [2.24, 2.45) is 4.99 Å². The molecule has 0 aromatic carbocycles. The van der Waals surface area contributed by atoms with E-state index >= 15 is 0 Å². The van der Waals surface area contributed by atoms with Gasteiger partial charge in [-0.1, -0.05) is 0 Å². The summed E-state index contributed by atoms with van der Waals surface area (Å²) in [6.45, 7) is 14.8. The lowest BCUT2D eigenvalue weighted by atomic mass is 10.1. The van der Waals surface area contributed by atoms with Crippen molar-refractivity contribution in [3.05, 3.63) is 0 Å². The molecule has 0 atom stereocenters. The Hall–Kier alpha value is -1.51. The number of carbonyl (C=O) groups is 1. The predicted molar refractivity (Wildman–Crippen MR) is 106 cm³/mol. The smallest absolute Gasteiger partial charge is 0.408 e. The summed E-state index contributed by atoms with van der Waals surface area (Å²) < 4.78 is 28.7. The number of nitrogens with zero attached hydrogens (tertiary/aromatic N) is 1. The highest BCUT2D eigenvalue weighted by Gasteiger charge is 2.28. The summed E-state index contributed by atoms with van der Waals surface area (Å²) in [6, 6.07) is 0. The maximum absolute atomic E-state index is 12.1. The van der Waals surface area contributed by atoms with Crippen LogP contribution in [0.1, 0.15) is 55.4 Å². The number of rotatable bonds is 6. The monoisotopic (exact) mass is 392 g/mol. The van der Waals surface area contributed by atoms with Crippen molar-refractivity contribution in [2.45, 2.75) is 71.3 Å². The molecule has 3 N–H and O–H groups in total. The number of guanidine groups is 1. The summed E-state index contributed by atoms with van der Waals surface area (Å²) >= 11 is 0. The van der Waals surface area contributed by atoms with Crippen molar-refractivity contribution in [2.75, 3.05) is 25.9 Å². The minimum Gasteiger partial charge on any atom is -0.444 e. The lowest BCUT2D eigenvalue weighted by Gasteiger charge is -2.29. The lowest BCUT2D eigenvalue weighted by Crippen LogP contribution is -2.54. The molecule has 0 unspecified atom stereocenters. The number of sulfone groups is 1. The van der Waals surface area contributed by atoms with Crippen molar-refractivity contribution in [1.82, 2.24) is 16.0 Å². The third-order valence-electron chi connectivity index (χ3n) is 3.36. The van der Waals surface area contributed by atoms with Crippen molar-refractivity contribution in [3.63, 3.8) is 0 Å². The van der Waals surface area contributed by atoms with Crippen LogP contribution < -0.4 is 16.0 Å². The average molecular weight is 393 g/mol. The SMILES string of the molecule is CN=C(NCCS(=O)(=O)C(C)(C)C)NCC(C)(C)NC(=O)OC(C)(C)C. The number of aliphatic imine (C=N–C) groups is 1. The van der Waals surface area contributed by atoms with E-state index in [2.05, 4.69) is 20.9 Å². The number of ether oxygens (including phenoxy) is 1. The summed E-state index contributed by atoms with van der Waals surface area (Å²) in [5.41, 5.74) is -1.15. The largest absolute Gasteiger partial charge is 0.444 e. The molecule has 0 radical (unpaired) electrons. The fourth-order valence-electron chi connectivity index (χ4n) is 1.76. The second-order valence-electron chi connectivity index (χ2n) is 8.79. The molecule has 8 nitrogen and oxygen atoms in total. The molecule has 0 aromatic heterocycles. The number of hydrogen-bond donors (Lipinski definition) is 3. The molecular weight excluding hydrogens is 356 g/mol. The van der Waals surface area contributed by atoms with E-state index in [4.69, 9.17) is 4.74 Å². The third kappa shape index (κ3) is 9.84. The molecule has 0 bridgehead atoms. The number of carbonyl (C=O) groups excluding carboxylic acids is 1. The zero-order chi connectivity index (χ0) is 20.8. The summed E-state index contributed by atoms with van der Waals surface area (Å²) in [5, 5.41) is 8.84. The van der Waals surface area contributed by atoms with Gasteiger partial charge >= 0.3 is 6.09 Å². The van der Waals surface area contributed by atoms with Crippen LogP contribution in [-0.4, -0.2) is 62.2 Å². The minimum absolute atomic E-state index is 0.0107. The molecule has 0 saturated carbocycles. The van der Waals surface area contributed by atoms with E-state index in [1.807, 2.05) is 13.8 Å². The van der Waals surface area contributed by atoms with E-state index in [9.17, 15) is 13.2 Å². The third-order valence-corrected chi connectivity index (χ3v) is 5.96. The molecule has 9 heteroatoms. The van der Waals surface area contributed by atoms with Crippen molar-refractivity contribution in [1.29, 1.82) is 0 Å². The van der Waals surface area contributed by atoms with Gasteiger partial charge in [0.25, 0.3) is 0 Å². The van der Waals surface area contributed by atoms with Crippen LogP contribution in [0.15, 0.2) is 4.99 Å². The van der Waals surface area contributed by atoms with Crippen LogP contribution in [0.5, 0.6) is 0 Å². The summed E-state index contributed by atoms with van der Waals surface area (Å²) in [5.74, 6) is 0.477. The Morgan fingerprint density at radius 1 is 1.00 bits per heavy atom. The highest BCUT2D eigenvalue weighted by Crippen LogP contribution is 2.15. The van der Waals surface area contributed by atoms with Crippen LogP contribution in [0.2, 0.25) is 0 Å². The highest BCUT2D eigenvalue weighted by atomic mass is 32.2. The first kappa shape index (κ1) is 24.5. The molecule has 0 aliphatic heterocycles. The van der Waals surface area contributed by atoms with Crippen LogP contribution >= 0.6 is 0 Å². The van der Waals surface area contributed by atoms with Crippen LogP contribution in [0.4, 0.5) is 4.79 Å². The molecular formula is C17H36N4O4S. The minimum atomic E-state index is -3.20. The summed E-state index contributed by atoms with van der Waals surface area (Å²) in [7, 11) is -1.60. The van der Waals surface area contributed by atoms with Gasteiger partial charge in [0.15, 0.2) is 15.8 Å². The first-order chi connectivity index (χ1) is 11.5. The van der Waals surface area contributed by atoms with Crippen LogP contribution in [0.25, 0.3) is 0 Å². The first-order valence-electron chi connectivity index (χ1n) is 8.67. The Morgan fingerprint density at radius 2 is 1.54 bits per heavy atom. The van der Waals surface area contributed by atoms with E-state index < -0.39 is 31.8 Å². The molecule has 0 rings (SSSR count). The van der Waals surface area contributed by atoms with Crippen molar-refractivity contribution in [3.8, 4) is 0 Å². The van der Waals surface area contributed by atoms with Gasteiger partial charge < -0.3 is 20.7 Å². The van der Waals surface area contributed by atoms with Crippen LogP contribution in [0.3, 0.4) is 0 Å². The Bertz CT molecular complexity index is 599. The van der Waals surface area contributed by atoms with Crippen LogP contribution in [0, 0.1) is 0 Å². The first-order valence-corrected chi connectivity index (χ1v) is 10.3. The molecule has 0 heterocycles. The molecule has 0 fully saturated rings. The van der Waals surface area contributed by atoms with Gasteiger partial charge in [0.2, 0.25) is 0 Å². The van der Waals surface area contributed by atoms with Crippen molar-refractivity contribution < 1.29 is 17.9 Å². The maximum atomic E-state index is 12.1. The topological polar surface area (TPSA) is 109 Å². The standard InChI is InChI=1S/C17H36N4O4S/c1-15(2,3)25-14(22)21-17(7,8)12-20-13(18-9)19-10-11-26(23,24)16(4,5)6/h10-12H2,1-9H3,(H,21,22)(H2,18,19,20). The van der Waals surface area contributed by atoms with Crippen LogP contribution in [-0.2, 0) is 14.6 Å². The van der Waals surface area contributed by atoms with Gasteiger partial charge in [-0.2, -0.15) is 0 Å². The molecule has 0 spiro atoms. The normalized spacial score (nSPS) is 14.0. The molecule has 0 aliphatic rings. The molecule has 0 aromatic rings. The Labute approximate surface area is 158 Å². The lowest BCUT2D eigenvalue weighted by molar-refractivity contribution is 0.0474. The predicted octanol–water partition coefficient (Wildman–Crippen LogP) is 1.67. The summed E-state index contributed by atoms with van der Waals surface area (Å²) in [4.78, 5) is 16.0. The van der Waals surface area contributed by atoms with Gasteiger partial charge in [-0.05, 0) is 55.4 Å². The number of alkyl carbamates (subject to hydrolysis) is 1. The average Bonchev–Trinajstić information content (AvgIpc) is 2.38. The molecule has 0 aliphatic carbocycles. The van der Waals surface area contributed by atoms with E-state index in [1.54, 1.807) is 48.6 Å². The van der Waals surface area contributed by atoms with E-state index in [1.165, 1.54) is 0 Å². The van der Waals surface area contributed by atoms with Gasteiger partial charge in [-0.3, -0.25) is 4.99 Å². The van der Waals surface area contributed by atoms with Crippen molar-refractivity contribution >= 4 is 21.9 Å². The Balaban J connectivity index is 4.51. The van der Waals surface area contributed by atoms with Gasteiger partial charge in [0.1, 0.15) is 5.60 Å². The van der Waals surface area contributed by atoms with Gasteiger partial charge in [0.05, 0.1) is 16.0 Å². The Kier molecular flexibility index (Phi) is 8.40. The van der Waals surface area contributed by atoms with Gasteiger partial charge in [-0.25, -0.2) is 13.2 Å². The molecule has 0 saturated heterocycles. The number of amides is 1. The maximum Gasteiger partial charge on any atom is 0.408 e. The molecule has 154 valence electrons. The highest BCUT2D eigenvalue weighted by molar-refractivity contribution is 7.92.